The number of hydrogen-bond acceptors (Lipinski definition) is 8. The van der Waals surface area contributed by atoms with E-state index in [4.69, 9.17) is 4.74 Å². The maximum atomic E-state index is 13.8. The van der Waals surface area contributed by atoms with E-state index in [0.717, 1.165) is 55.1 Å². The van der Waals surface area contributed by atoms with E-state index in [1.54, 1.807) is 24.9 Å². The third-order valence-electron chi connectivity index (χ3n) is 8.68. The van der Waals surface area contributed by atoms with E-state index in [0.29, 0.717) is 41.8 Å². The summed E-state index contributed by atoms with van der Waals surface area (Å²) in [5, 5.41) is 9.09. The number of benzene rings is 1. The number of amides is 4. The number of thiophene rings is 1. The van der Waals surface area contributed by atoms with Gasteiger partial charge < -0.3 is 30.1 Å². The van der Waals surface area contributed by atoms with Crippen LogP contribution >= 0.6 is 11.3 Å². The molecule has 12 heteroatoms. The molecule has 2 fully saturated rings. The number of nitrogens with zero attached hydrogens (tertiary/aromatic N) is 4. The van der Waals surface area contributed by atoms with Crippen LogP contribution in [0.3, 0.4) is 0 Å². The third kappa shape index (κ3) is 8.48. The van der Waals surface area contributed by atoms with Gasteiger partial charge in [-0.25, -0.2) is 9.78 Å². The average molecular weight is 662 g/mol. The number of piperazine rings is 2. The second kappa shape index (κ2) is 14.4. The molecule has 2 saturated heterocycles. The summed E-state index contributed by atoms with van der Waals surface area (Å²) in [5.41, 5.74) is 1.51. The Morgan fingerprint density at radius 2 is 1.79 bits per heavy atom. The maximum absolute atomic E-state index is 13.8. The lowest BCUT2D eigenvalue weighted by atomic mass is 9.93. The summed E-state index contributed by atoms with van der Waals surface area (Å²) >= 11 is 1.37. The highest BCUT2D eigenvalue weighted by molar-refractivity contribution is 7.16. The minimum atomic E-state index is -1.01. The van der Waals surface area contributed by atoms with Gasteiger partial charge in [-0.1, -0.05) is 32.9 Å². The summed E-state index contributed by atoms with van der Waals surface area (Å²) < 4.78 is 5.89. The molecule has 2 aliphatic heterocycles. The summed E-state index contributed by atoms with van der Waals surface area (Å²) in [5.74, 6) is 0.0960. The Bertz CT molecular complexity index is 1570. The van der Waals surface area contributed by atoms with Crippen molar-refractivity contribution in [1.82, 2.24) is 25.0 Å². The van der Waals surface area contributed by atoms with Crippen molar-refractivity contribution in [3.05, 3.63) is 59.1 Å². The zero-order valence-corrected chi connectivity index (χ0v) is 29.1. The van der Waals surface area contributed by atoms with Crippen molar-refractivity contribution in [2.45, 2.75) is 52.0 Å². The highest BCUT2D eigenvalue weighted by Crippen LogP contribution is 2.38. The molecule has 0 radical (unpaired) electrons. The number of urea groups is 1. The zero-order chi connectivity index (χ0) is 33.8. The van der Waals surface area contributed by atoms with Crippen molar-refractivity contribution in [2.24, 2.45) is 0 Å². The first-order chi connectivity index (χ1) is 22.3. The van der Waals surface area contributed by atoms with E-state index in [2.05, 4.69) is 58.6 Å². The molecule has 3 N–H and O–H groups in total. The van der Waals surface area contributed by atoms with Gasteiger partial charge in [0.25, 0.3) is 5.91 Å². The lowest BCUT2D eigenvalue weighted by Gasteiger charge is -2.41. The van der Waals surface area contributed by atoms with Gasteiger partial charge in [-0.15, -0.1) is 11.3 Å². The fraction of sp³-hybridized carbons (Fsp3) is 0.486. The molecular formula is C35H47N7O4S. The first kappa shape index (κ1) is 34.3. The molecule has 47 heavy (non-hydrogen) atoms. The van der Waals surface area contributed by atoms with E-state index < -0.39 is 11.6 Å². The van der Waals surface area contributed by atoms with Gasteiger partial charge >= 0.3 is 6.03 Å². The zero-order valence-electron chi connectivity index (χ0n) is 28.3. The number of pyridine rings is 1. The predicted molar refractivity (Wildman–Crippen MR) is 188 cm³/mol. The van der Waals surface area contributed by atoms with Crippen molar-refractivity contribution in [1.29, 1.82) is 0 Å². The number of carbonyl (C=O) groups is 3. The molecule has 252 valence electrons. The van der Waals surface area contributed by atoms with Crippen LogP contribution in [0.2, 0.25) is 0 Å². The largest absolute Gasteiger partial charge is 0.478 e. The van der Waals surface area contributed by atoms with Crippen LogP contribution in [0.15, 0.2) is 48.7 Å². The second-order valence-electron chi connectivity index (χ2n) is 13.8. The molecule has 4 amide bonds. The van der Waals surface area contributed by atoms with Crippen molar-refractivity contribution in [2.75, 3.05) is 70.1 Å². The van der Waals surface area contributed by atoms with Crippen LogP contribution in [-0.2, 0) is 10.2 Å². The Labute approximate surface area is 281 Å². The molecule has 0 bridgehead atoms. The minimum Gasteiger partial charge on any atom is -0.478 e. The van der Waals surface area contributed by atoms with Crippen LogP contribution in [-0.4, -0.2) is 103 Å². The van der Waals surface area contributed by atoms with Gasteiger partial charge in [0, 0.05) is 74.2 Å². The fourth-order valence-corrected chi connectivity index (χ4v) is 6.73. The standard InChI is InChI=1S/C35H47N7O4S/c1-34(2,3)28-22-27(31(43)42-15-13-36-32(44)35(42,4)5)30(47-28)39-33(45)38-26-10-7-9-24(21-26)25-11-12-29(37-23-25)46-20-8-14-41-18-16-40(6)17-19-41/h7,9-12,21-23H,8,13-20H2,1-6H3,(H,36,44)(H2,38,39,45). The summed E-state index contributed by atoms with van der Waals surface area (Å²) in [6, 6.07) is 12.7. The van der Waals surface area contributed by atoms with Gasteiger partial charge in [0.1, 0.15) is 10.5 Å². The number of carbonyl (C=O) groups excluding carboxylic acids is 3. The monoisotopic (exact) mass is 661 g/mol. The lowest BCUT2D eigenvalue weighted by molar-refractivity contribution is -0.133. The van der Waals surface area contributed by atoms with Crippen LogP contribution in [0.5, 0.6) is 5.88 Å². The summed E-state index contributed by atoms with van der Waals surface area (Å²) in [4.78, 5) is 51.5. The summed E-state index contributed by atoms with van der Waals surface area (Å²) in [6.07, 6.45) is 2.73. The van der Waals surface area contributed by atoms with Crippen LogP contribution in [0.1, 0.15) is 56.3 Å². The van der Waals surface area contributed by atoms with Crippen LogP contribution in [0, 0.1) is 0 Å². The maximum Gasteiger partial charge on any atom is 0.324 e. The Morgan fingerprint density at radius 3 is 2.49 bits per heavy atom. The lowest BCUT2D eigenvalue weighted by Crippen LogP contribution is -2.63. The molecule has 0 saturated carbocycles. The van der Waals surface area contributed by atoms with E-state index in [9.17, 15) is 14.4 Å². The highest BCUT2D eigenvalue weighted by Gasteiger charge is 2.42. The predicted octanol–water partition coefficient (Wildman–Crippen LogP) is 5.12. The molecule has 0 spiro atoms. The molecule has 1 aromatic carbocycles. The van der Waals surface area contributed by atoms with Crippen LogP contribution in [0.25, 0.3) is 11.1 Å². The van der Waals surface area contributed by atoms with Gasteiger partial charge in [0.2, 0.25) is 11.8 Å². The molecule has 4 heterocycles. The molecular weight excluding hydrogens is 614 g/mol. The normalized spacial score (nSPS) is 17.2. The van der Waals surface area contributed by atoms with E-state index in [-0.39, 0.29) is 17.2 Å². The van der Waals surface area contributed by atoms with Gasteiger partial charge in [0.15, 0.2) is 0 Å². The van der Waals surface area contributed by atoms with Crippen LogP contribution in [0.4, 0.5) is 15.5 Å². The first-order valence-corrected chi connectivity index (χ1v) is 17.1. The SMILES string of the molecule is CN1CCN(CCCOc2ccc(-c3cccc(NC(=O)Nc4sc(C(C)(C)C)cc4C(=O)N4CCNC(=O)C4(C)C)c3)cn2)CC1. The second-order valence-corrected chi connectivity index (χ2v) is 14.8. The number of hydrogen-bond donors (Lipinski definition) is 3. The Balaban J connectivity index is 1.21. The molecule has 11 nitrogen and oxygen atoms in total. The topological polar surface area (TPSA) is 119 Å². The fourth-order valence-electron chi connectivity index (χ4n) is 5.63. The van der Waals surface area contributed by atoms with Crippen molar-refractivity contribution in [3.63, 3.8) is 0 Å². The number of rotatable bonds is 9. The van der Waals surface area contributed by atoms with E-state index in [1.807, 2.05) is 42.5 Å². The Morgan fingerprint density at radius 1 is 1.02 bits per heavy atom. The molecule has 0 atom stereocenters. The summed E-state index contributed by atoms with van der Waals surface area (Å²) in [7, 11) is 2.16. The summed E-state index contributed by atoms with van der Waals surface area (Å²) in [6.45, 7) is 16.5. The number of nitrogens with one attached hydrogen (secondary N) is 3. The van der Waals surface area contributed by atoms with Gasteiger partial charge in [0.05, 0.1) is 12.2 Å². The highest BCUT2D eigenvalue weighted by atomic mass is 32.1. The molecule has 3 aromatic rings. The van der Waals surface area contributed by atoms with E-state index >= 15 is 0 Å². The van der Waals surface area contributed by atoms with Crippen LogP contribution < -0.4 is 20.7 Å². The number of aromatic nitrogens is 1. The molecule has 5 rings (SSSR count). The number of likely N-dealkylation sites (N-methyl/N-ethyl adjacent to an activating group) is 1. The average Bonchev–Trinajstić information content (AvgIpc) is 3.46. The Hall–Kier alpha value is -4.00. The van der Waals surface area contributed by atoms with Crippen molar-refractivity contribution >= 4 is 39.9 Å². The van der Waals surface area contributed by atoms with Crippen molar-refractivity contribution < 1.29 is 19.1 Å². The molecule has 2 aromatic heterocycles. The van der Waals surface area contributed by atoms with Gasteiger partial charge in [-0.3, -0.25) is 14.9 Å². The number of ether oxygens (including phenoxy) is 1. The Kier molecular flexibility index (Phi) is 10.5. The number of anilines is 2. The van der Waals surface area contributed by atoms with Gasteiger partial charge in [-0.05, 0) is 62.6 Å². The molecule has 0 unspecified atom stereocenters. The third-order valence-corrected chi connectivity index (χ3v) is 10.2. The van der Waals surface area contributed by atoms with Gasteiger partial charge in [-0.2, -0.15) is 0 Å². The minimum absolute atomic E-state index is 0.204. The molecule has 2 aliphatic rings. The molecule has 0 aliphatic carbocycles. The smallest absolute Gasteiger partial charge is 0.324 e. The quantitative estimate of drug-likeness (QED) is 0.273. The van der Waals surface area contributed by atoms with Crippen molar-refractivity contribution in [3.8, 4) is 17.0 Å². The first-order valence-electron chi connectivity index (χ1n) is 16.2. The van der Waals surface area contributed by atoms with E-state index in [1.165, 1.54) is 11.3 Å².